The second-order valence-corrected chi connectivity index (χ2v) is 2.33. The molecule has 62 valence electrons. The van der Waals surface area contributed by atoms with Crippen molar-refractivity contribution >= 4 is 17.9 Å². The summed E-state index contributed by atoms with van der Waals surface area (Å²) in [5.41, 5.74) is 11.3. The summed E-state index contributed by atoms with van der Waals surface area (Å²) in [5, 5.41) is 0. The molecule has 0 aliphatic rings. The van der Waals surface area contributed by atoms with Crippen molar-refractivity contribution in [1.82, 2.24) is 0 Å². The summed E-state index contributed by atoms with van der Waals surface area (Å²) in [6, 6.07) is 4.32. The van der Waals surface area contributed by atoms with Crippen LogP contribution in [0.25, 0.3) is 0 Å². The van der Waals surface area contributed by atoms with Crippen molar-refractivity contribution < 1.29 is 9.59 Å². The molecule has 0 heterocycles. The van der Waals surface area contributed by atoms with Crippen LogP contribution >= 0.6 is 0 Å². The Kier molecular flexibility index (Phi) is 2.09. The molecule has 1 aromatic rings. The standard InChI is InChI=1S/C8H8N2O2/c9-7-2-1-5(8(10)12)3-6(7)4-11/h1-4H,9H2,(H2,10,12). The Bertz CT molecular complexity index is 334. The predicted molar refractivity (Wildman–Crippen MR) is 44.8 cm³/mol. The molecule has 0 bridgehead atoms. The number of amides is 1. The lowest BCUT2D eigenvalue weighted by Crippen LogP contribution is -2.11. The Morgan fingerprint density at radius 2 is 2.08 bits per heavy atom. The number of carbonyl (C=O) groups is 2. The van der Waals surface area contributed by atoms with Crippen LogP contribution in [0, 0.1) is 0 Å². The first-order valence-corrected chi connectivity index (χ1v) is 3.29. The summed E-state index contributed by atoms with van der Waals surface area (Å²) in [6.45, 7) is 0. The first-order valence-electron chi connectivity index (χ1n) is 3.29. The van der Waals surface area contributed by atoms with E-state index in [0.29, 0.717) is 12.0 Å². The maximum Gasteiger partial charge on any atom is 0.248 e. The smallest absolute Gasteiger partial charge is 0.248 e. The van der Waals surface area contributed by atoms with Gasteiger partial charge in [-0.1, -0.05) is 0 Å². The Morgan fingerprint density at radius 3 is 2.58 bits per heavy atom. The average Bonchev–Trinajstić information content (AvgIpc) is 2.05. The lowest BCUT2D eigenvalue weighted by atomic mass is 10.1. The molecule has 12 heavy (non-hydrogen) atoms. The van der Waals surface area contributed by atoms with Crippen LogP contribution in [0.5, 0.6) is 0 Å². The maximum absolute atomic E-state index is 10.6. The van der Waals surface area contributed by atoms with E-state index in [1.807, 2.05) is 0 Å². The van der Waals surface area contributed by atoms with Crippen LogP contribution in [0.4, 0.5) is 5.69 Å². The van der Waals surface area contributed by atoms with Crippen LogP contribution in [0.2, 0.25) is 0 Å². The van der Waals surface area contributed by atoms with E-state index in [1.165, 1.54) is 18.2 Å². The molecule has 0 saturated heterocycles. The van der Waals surface area contributed by atoms with Crippen LogP contribution in [-0.4, -0.2) is 12.2 Å². The third-order valence-electron chi connectivity index (χ3n) is 1.50. The van der Waals surface area contributed by atoms with Gasteiger partial charge in [0.25, 0.3) is 0 Å². The van der Waals surface area contributed by atoms with E-state index in [-0.39, 0.29) is 11.1 Å². The monoisotopic (exact) mass is 164 g/mol. The summed E-state index contributed by atoms with van der Waals surface area (Å²) >= 11 is 0. The van der Waals surface area contributed by atoms with Gasteiger partial charge in [-0.25, -0.2) is 0 Å². The van der Waals surface area contributed by atoms with Crippen molar-refractivity contribution in [2.24, 2.45) is 5.73 Å². The second-order valence-electron chi connectivity index (χ2n) is 2.33. The fourth-order valence-corrected chi connectivity index (χ4v) is 0.830. The van der Waals surface area contributed by atoms with Crippen molar-refractivity contribution in [3.8, 4) is 0 Å². The molecule has 0 radical (unpaired) electrons. The molecule has 1 rings (SSSR count). The van der Waals surface area contributed by atoms with Gasteiger partial charge in [-0.15, -0.1) is 0 Å². The first-order chi connectivity index (χ1) is 5.65. The zero-order chi connectivity index (χ0) is 9.14. The summed E-state index contributed by atoms with van der Waals surface area (Å²) in [4.78, 5) is 21.0. The molecule has 0 saturated carbocycles. The van der Waals surface area contributed by atoms with Crippen LogP contribution in [-0.2, 0) is 0 Å². The highest BCUT2D eigenvalue weighted by molar-refractivity contribution is 5.96. The summed E-state index contributed by atoms with van der Waals surface area (Å²) in [5.74, 6) is -0.571. The molecule has 1 amide bonds. The maximum atomic E-state index is 10.6. The van der Waals surface area contributed by atoms with E-state index in [9.17, 15) is 9.59 Å². The largest absolute Gasteiger partial charge is 0.398 e. The average molecular weight is 164 g/mol. The van der Waals surface area contributed by atoms with Gasteiger partial charge in [-0.05, 0) is 18.2 Å². The topological polar surface area (TPSA) is 86.2 Å². The fourth-order valence-electron chi connectivity index (χ4n) is 0.830. The van der Waals surface area contributed by atoms with E-state index < -0.39 is 5.91 Å². The van der Waals surface area contributed by atoms with E-state index in [0.717, 1.165) is 0 Å². The molecule has 0 spiro atoms. The van der Waals surface area contributed by atoms with Crippen molar-refractivity contribution in [3.63, 3.8) is 0 Å². The van der Waals surface area contributed by atoms with Crippen molar-refractivity contribution in [2.75, 3.05) is 5.73 Å². The number of rotatable bonds is 2. The molecular formula is C8H8N2O2. The molecule has 0 aromatic heterocycles. The highest BCUT2D eigenvalue weighted by Crippen LogP contribution is 2.11. The van der Waals surface area contributed by atoms with Gasteiger partial charge in [0.1, 0.15) is 0 Å². The molecule has 0 fully saturated rings. The Morgan fingerprint density at radius 1 is 1.42 bits per heavy atom. The van der Waals surface area contributed by atoms with Gasteiger partial charge in [-0.2, -0.15) is 0 Å². The molecule has 0 atom stereocenters. The molecule has 0 unspecified atom stereocenters. The Labute approximate surface area is 69.2 Å². The number of primary amides is 1. The van der Waals surface area contributed by atoms with Gasteiger partial charge >= 0.3 is 0 Å². The predicted octanol–water partition coefficient (Wildman–Crippen LogP) is 0.180. The summed E-state index contributed by atoms with van der Waals surface area (Å²) in [6.07, 6.45) is 0.585. The number of aldehydes is 1. The number of nitrogens with two attached hydrogens (primary N) is 2. The number of nitrogen functional groups attached to an aromatic ring is 1. The molecule has 4 heteroatoms. The third kappa shape index (κ3) is 1.42. The van der Waals surface area contributed by atoms with Crippen molar-refractivity contribution in [1.29, 1.82) is 0 Å². The molecule has 4 nitrogen and oxygen atoms in total. The van der Waals surface area contributed by atoms with E-state index in [1.54, 1.807) is 0 Å². The zero-order valence-corrected chi connectivity index (χ0v) is 6.28. The minimum absolute atomic E-state index is 0.284. The number of carbonyl (C=O) groups excluding carboxylic acids is 2. The van der Waals surface area contributed by atoms with E-state index >= 15 is 0 Å². The van der Waals surface area contributed by atoms with Crippen LogP contribution in [0.1, 0.15) is 20.7 Å². The Balaban J connectivity index is 3.22. The van der Waals surface area contributed by atoms with Crippen molar-refractivity contribution in [2.45, 2.75) is 0 Å². The minimum atomic E-state index is -0.571. The van der Waals surface area contributed by atoms with Crippen molar-refractivity contribution in [3.05, 3.63) is 29.3 Å². The minimum Gasteiger partial charge on any atom is -0.398 e. The summed E-state index contributed by atoms with van der Waals surface area (Å²) < 4.78 is 0. The van der Waals surface area contributed by atoms with Crippen LogP contribution < -0.4 is 11.5 Å². The second kappa shape index (κ2) is 3.04. The molecule has 4 N–H and O–H groups in total. The lowest BCUT2D eigenvalue weighted by molar-refractivity contribution is 0.100. The third-order valence-corrected chi connectivity index (χ3v) is 1.50. The summed E-state index contributed by atoms with van der Waals surface area (Å²) in [7, 11) is 0. The number of hydrogen-bond donors (Lipinski definition) is 2. The molecule has 1 aromatic carbocycles. The van der Waals surface area contributed by atoms with E-state index in [2.05, 4.69) is 0 Å². The van der Waals surface area contributed by atoms with Crippen LogP contribution in [0.3, 0.4) is 0 Å². The Hall–Kier alpha value is -1.84. The van der Waals surface area contributed by atoms with Gasteiger partial charge in [0.2, 0.25) is 5.91 Å². The number of hydrogen-bond acceptors (Lipinski definition) is 3. The van der Waals surface area contributed by atoms with Gasteiger partial charge in [0, 0.05) is 16.8 Å². The molecule has 0 aliphatic carbocycles. The quantitative estimate of drug-likeness (QED) is 0.483. The normalized spacial score (nSPS) is 9.33. The number of anilines is 1. The van der Waals surface area contributed by atoms with Gasteiger partial charge in [0.15, 0.2) is 6.29 Å². The highest BCUT2D eigenvalue weighted by Gasteiger charge is 2.03. The van der Waals surface area contributed by atoms with Gasteiger partial charge in [-0.3, -0.25) is 9.59 Å². The highest BCUT2D eigenvalue weighted by atomic mass is 16.1. The molecular weight excluding hydrogens is 156 g/mol. The molecule has 0 aliphatic heterocycles. The SMILES string of the molecule is NC(=O)c1ccc(N)c(C=O)c1. The number of benzene rings is 1. The first kappa shape index (κ1) is 8.26. The van der Waals surface area contributed by atoms with E-state index in [4.69, 9.17) is 11.5 Å². The zero-order valence-electron chi connectivity index (χ0n) is 6.28. The van der Waals surface area contributed by atoms with Crippen LogP contribution in [0.15, 0.2) is 18.2 Å². The lowest BCUT2D eigenvalue weighted by Gasteiger charge is -1.99. The van der Waals surface area contributed by atoms with Gasteiger partial charge in [0.05, 0.1) is 0 Å². The van der Waals surface area contributed by atoms with Gasteiger partial charge < -0.3 is 11.5 Å². The fraction of sp³-hybridized carbons (Fsp3) is 0.